The van der Waals surface area contributed by atoms with Crippen molar-refractivity contribution in [2.75, 3.05) is 25.0 Å². The van der Waals surface area contributed by atoms with Crippen molar-refractivity contribution in [1.82, 2.24) is 4.90 Å². The minimum absolute atomic E-state index is 0.193. The van der Waals surface area contributed by atoms with Crippen LogP contribution in [0.25, 0.3) is 0 Å². The first-order valence-electron chi connectivity index (χ1n) is 7.45. The van der Waals surface area contributed by atoms with Gasteiger partial charge in [-0.25, -0.2) is 13.6 Å². The summed E-state index contributed by atoms with van der Waals surface area (Å²) in [6.07, 6.45) is -9.54. The van der Waals surface area contributed by atoms with E-state index < -0.39 is 43.7 Å². The van der Waals surface area contributed by atoms with E-state index in [0.717, 1.165) is 0 Å². The normalized spacial score (nSPS) is 19.3. The molecule has 4 nitrogen and oxygen atoms in total. The lowest BCUT2D eigenvalue weighted by Gasteiger charge is -2.34. The van der Waals surface area contributed by atoms with E-state index in [2.05, 4.69) is 10.1 Å². The summed E-state index contributed by atoms with van der Waals surface area (Å²) in [5, 5.41) is 2.56. The molecule has 2 rings (SSSR count). The number of anilines is 1. The van der Waals surface area contributed by atoms with Crippen LogP contribution in [0.2, 0.25) is 5.02 Å². The predicted molar refractivity (Wildman–Crippen MR) is 82.0 cm³/mol. The SMILES string of the molecule is O=C(Nc1ccc(Cl)cc1)OC(CN1CCC(F)(F)CC1)C(F)(F)F. The molecule has 1 heterocycles. The third-order valence-corrected chi connectivity index (χ3v) is 3.97. The van der Waals surface area contributed by atoms with Crippen molar-refractivity contribution in [3.63, 3.8) is 0 Å². The van der Waals surface area contributed by atoms with Gasteiger partial charge in [0.2, 0.25) is 6.10 Å². The Labute approximate surface area is 145 Å². The maximum absolute atomic E-state index is 13.1. The van der Waals surface area contributed by atoms with Gasteiger partial charge in [-0.05, 0) is 24.3 Å². The van der Waals surface area contributed by atoms with E-state index in [1.54, 1.807) is 0 Å². The van der Waals surface area contributed by atoms with Crippen LogP contribution in [-0.4, -0.2) is 48.8 Å². The van der Waals surface area contributed by atoms with Crippen molar-refractivity contribution in [3.8, 4) is 0 Å². The second-order valence-corrected chi connectivity index (χ2v) is 6.16. The molecule has 1 amide bonds. The third-order valence-electron chi connectivity index (χ3n) is 3.72. The van der Waals surface area contributed by atoms with Crippen molar-refractivity contribution in [2.45, 2.75) is 31.0 Å². The van der Waals surface area contributed by atoms with Gasteiger partial charge >= 0.3 is 12.3 Å². The highest BCUT2D eigenvalue weighted by atomic mass is 35.5. The van der Waals surface area contributed by atoms with E-state index in [0.29, 0.717) is 5.02 Å². The second kappa shape index (κ2) is 7.74. The van der Waals surface area contributed by atoms with Crippen molar-refractivity contribution in [2.24, 2.45) is 0 Å². The predicted octanol–water partition coefficient (Wildman–Crippen LogP) is 4.55. The Morgan fingerprint density at radius 3 is 2.32 bits per heavy atom. The number of hydrogen-bond donors (Lipinski definition) is 1. The van der Waals surface area contributed by atoms with Crippen LogP contribution in [0.4, 0.5) is 32.4 Å². The first-order valence-corrected chi connectivity index (χ1v) is 7.83. The van der Waals surface area contributed by atoms with Crippen LogP contribution in [0.3, 0.4) is 0 Å². The standard InChI is InChI=1S/C15H16ClF5N2O2/c16-10-1-3-11(4-2-10)22-13(24)25-12(15(19,20)21)9-23-7-5-14(17,18)6-8-23/h1-4,12H,5-9H2,(H,22,24). The molecule has 1 N–H and O–H groups in total. The third kappa shape index (κ3) is 6.32. The maximum Gasteiger partial charge on any atom is 0.426 e. The average Bonchev–Trinajstić information content (AvgIpc) is 2.50. The first kappa shape index (κ1) is 19.7. The van der Waals surface area contributed by atoms with Crippen LogP contribution in [0.5, 0.6) is 0 Å². The maximum atomic E-state index is 13.1. The summed E-state index contributed by atoms with van der Waals surface area (Å²) in [6, 6.07) is 5.70. The molecule has 1 aliphatic rings. The molecule has 0 spiro atoms. The summed E-state index contributed by atoms with van der Waals surface area (Å²) in [6.45, 7) is -1.07. The highest BCUT2D eigenvalue weighted by molar-refractivity contribution is 6.30. The lowest BCUT2D eigenvalue weighted by molar-refractivity contribution is -0.208. The highest BCUT2D eigenvalue weighted by Crippen LogP contribution is 2.30. The Bertz CT molecular complexity index is 585. The summed E-state index contributed by atoms with van der Waals surface area (Å²) in [7, 11) is 0. The van der Waals surface area contributed by atoms with Crippen LogP contribution in [0.15, 0.2) is 24.3 Å². The fourth-order valence-electron chi connectivity index (χ4n) is 2.31. The molecule has 0 saturated carbocycles. The van der Waals surface area contributed by atoms with Gasteiger partial charge in [0.05, 0.1) is 0 Å². The van der Waals surface area contributed by atoms with Gasteiger partial charge in [0.15, 0.2) is 0 Å². The van der Waals surface area contributed by atoms with E-state index in [-0.39, 0.29) is 18.8 Å². The van der Waals surface area contributed by atoms with E-state index in [9.17, 15) is 26.7 Å². The Hall–Kier alpha value is -1.61. The molecule has 1 aromatic carbocycles. The van der Waals surface area contributed by atoms with Gasteiger partial charge in [-0.15, -0.1) is 0 Å². The van der Waals surface area contributed by atoms with Crippen LogP contribution in [-0.2, 0) is 4.74 Å². The van der Waals surface area contributed by atoms with Gasteiger partial charge in [0.1, 0.15) is 0 Å². The molecule has 1 saturated heterocycles. The highest BCUT2D eigenvalue weighted by Gasteiger charge is 2.45. The molecule has 0 aliphatic carbocycles. The number of rotatable bonds is 4. The van der Waals surface area contributed by atoms with Crippen molar-refractivity contribution in [1.29, 1.82) is 0 Å². The van der Waals surface area contributed by atoms with Gasteiger partial charge in [-0.3, -0.25) is 10.2 Å². The summed E-state index contributed by atoms with van der Waals surface area (Å²) >= 11 is 5.67. The Kier molecular flexibility index (Phi) is 6.10. The van der Waals surface area contributed by atoms with E-state index in [4.69, 9.17) is 11.6 Å². The van der Waals surface area contributed by atoms with Gasteiger partial charge in [-0.2, -0.15) is 13.2 Å². The molecule has 0 radical (unpaired) electrons. The number of alkyl halides is 5. The Morgan fingerprint density at radius 1 is 1.24 bits per heavy atom. The van der Waals surface area contributed by atoms with Crippen molar-refractivity contribution < 1.29 is 31.5 Å². The fraction of sp³-hybridized carbons (Fsp3) is 0.533. The van der Waals surface area contributed by atoms with E-state index >= 15 is 0 Å². The number of carbonyl (C=O) groups is 1. The summed E-state index contributed by atoms with van der Waals surface area (Å²) < 4.78 is 69.9. The zero-order valence-corrected chi connectivity index (χ0v) is 13.7. The number of carbonyl (C=O) groups excluding carboxylic acids is 1. The van der Waals surface area contributed by atoms with Gasteiger partial charge < -0.3 is 4.74 Å². The lowest BCUT2D eigenvalue weighted by atomic mass is 10.1. The molecule has 10 heteroatoms. The number of ether oxygens (including phenoxy) is 1. The molecule has 25 heavy (non-hydrogen) atoms. The zero-order valence-electron chi connectivity index (χ0n) is 13.0. The quantitative estimate of drug-likeness (QED) is 0.772. The summed E-state index contributed by atoms with van der Waals surface area (Å²) in [5.41, 5.74) is 0.216. The second-order valence-electron chi connectivity index (χ2n) is 5.72. The number of hydrogen-bond acceptors (Lipinski definition) is 3. The topological polar surface area (TPSA) is 41.6 Å². The molecule has 1 aromatic rings. The molecule has 1 fully saturated rings. The largest absolute Gasteiger partial charge is 0.435 e. The van der Waals surface area contributed by atoms with Crippen LogP contribution < -0.4 is 5.32 Å². The van der Waals surface area contributed by atoms with E-state index in [1.165, 1.54) is 29.2 Å². The number of piperidine rings is 1. The number of nitrogens with one attached hydrogen (secondary N) is 1. The minimum atomic E-state index is -4.81. The van der Waals surface area contributed by atoms with Gasteiger partial charge in [0, 0.05) is 43.2 Å². The van der Waals surface area contributed by atoms with E-state index in [1.807, 2.05) is 0 Å². The molecule has 1 atom stereocenters. The average molecular weight is 387 g/mol. The molecule has 140 valence electrons. The van der Waals surface area contributed by atoms with Crippen LogP contribution in [0, 0.1) is 0 Å². The Morgan fingerprint density at radius 2 is 1.80 bits per heavy atom. The van der Waals surface area contributed by atoms with Crippen LogP contribution in [0.1, 0.15) is 12.8 Å². The van der Waals surface area contributed by atoms with Crippen LogP contribution >= 0.6 is 11.6 Å². The number of nitrogens with zero attached hydrogens (tertiary/aromatic N) is 1. The summed E-state index contributed by atoms with van der Waals surface area (Å²) in [5.74, 6) is -2.86. The first-order chi connectivity index (χ1) is 11.5. The smallest absolute Gasteiger partial charge is 0.426 e. The lowest BCUT2D eigenvalue weighted by Crippen LogP contribution is -2.48. The molecule has 0 bridgehead atoms. The molecular weight excluding hydrogens is 371 g/mol. The number of benzene rings is 1. The van der Waals surface area contributed by atoms with Crippen molar-refractivity contribution >= 4 is 23.4 Å². The molecule has 1 unspecified atom stereocenters. The van der Waals surface area contributed by atoms with Gasteiger partial charge in [0.25, 0.3) is 5.92 Å². The Balaban J connectivity index is 1.93. The number of amides is 1. The number of likely N-dealkylation sites (tertiary alicyclic amines) is 1. The fourth-order valence-corrected chi connectivity index (χ4v) is 2.44. The monoisotopic (exact) mass is 386 g/mol. The molecular formula is C15H16ClF5N2O2. The van der Waals surface area contributed by atoms with Gasteiger partial charge in [-0.1, -0.05) is 11.6 Å². The molecule has 0 aromatic heterocycles. The zero-order chi connectivity index (χ0) is 18.7. The summed E-state index contributed by atoms with van der Waals surface area (Å²) in [4.78, 5) is 12.9. The minimum Gasteiger partial charge on any atom is -0.435 e. The molecule has 1 aliphatic heterocycles. The van der Waals surface area contributed by atoms with Crippen molar-refractivity contribution in [3.05, 3.63) is 29.3 Å². The number of halogens is 6.